The Balaban J connectivity index is 2.41. The fraction of sp³-hybridized carbons (Fsp3) is 0.154. The van der Waals surface area contributed by atoms with Gasteiger partial charge in [0.1, 0.15) is 11.6 Å². The molecule has 0 fully saturated rings. The number of nitrogen functional groups attached to an aromatic ring is 1. The van der Waals surface area contributed by atoms with Gasteiger partial charge in [-0.15, -0.1) is 0 Å². The highest BCUT2D eigenvalue weighted by atomic mass is 79.9. The highest BCUT2D eigenvalue weighted by molar-refractivity contribution is 9.10. The predicted molar refractivity (Wildman–Crippen MR) is 80.4 cm³/mol. The van der Waals surface area contributed by atoms with Crippen molar-refractivity contribution < 1.29 is 4.74 Å². The Morgan fingerprint density at radius 2 is 2.11 bits per heavy atom. The minimum absolute atomic E-state index is 0.379. The zero-order valence-electron chi connectivity index (χ0n) is 10.2. The first-order chi connectivity index (χ1) is 9.02. The lowest BCUT2D eigenvalue weighted by atomic mass is 10.0. The Labute approximate surface area is 124 Å². The molecule has 0 radical (unpaired) electrons. The molecular weight excluding hydrogens is 330 g/mol. The van der Waals surface area contributed by atoms with Gasteiger partial charge >= 0.3 is 0 Å². The lowest BCUT2D eigenvalue weighted by Crippen LogP contribution is -2.14. The Morgan fingerprint density at radius 3 is 2.74 bits per heavy atom. The summed E-state index contributed by atoms with van der Waals surface area (Å²) in [5, 5.41) is 0.507. The van der Waals surface area contributed by atoms with E-state index >= 15 is 0 Å². The number of benzene rings is 1. The van der Waals surface area contributed by atoms with Crippen LogP contribution in [0.3, 0.4) is 0 Å². The summed E-state index contributed by atoms with van der Waals surface area (Å²) in [6, 6.07) is 6.95. The number of nitrogens with zero attached hydrogens (tertiary/aromatic N) is 1. The zero-order chi connectivity index (χ0) is 14.0. The van der Waals surface area contributed by atoms with Gasteiger partial charge in [0.25, 0.3) is 0 Å². The van der Waals surface area contributed by atoms with Crippen LogP contribution in [0, 0.1) is 0 Å². The summed E-state index contributed by atoms with van der Waals surface area (Å²) in [5.41, 5.74) is 13.6. The third-order valence-corrected chi connectivity index (χ3v) is 3.61. The number of aromatic nitrogens is 1. The van der Waals surface area contributed by atoms with E-state index in [1.165, 1.54) is 6.20 Å². The SMILES string of the molecule is COc1ccc(C(N)c2cc(Cl)cnc2N)cc1Br. The van der Waals surface area contributed by atoms with Gasteiger partial charge in [0.15, 0.2) is 0 Å². The molecule has 100 valence electrons. The third kappa shape index (κ3) is 3.00. The first kappa shape index (κ1) is 14.1. The number of methoxy groups -OCH3 is 1. The van der Waals surface area contributed by atoms with Gasteiger partial charge in [-0.05, 0) is 39.7 Å². The van der Waals surface area contributed by atoms with Crippen molar-refractivity contribution in [2.75, 3.05) is 12.8 Å². The Morgan fingerprint density at radius 1 is 1.37 bits per heavy atom. The molecule has 4 nitrogen and oxygen atoms in total. The first-order valence-electron chi connectivity index (χ1n) is 5.53. The van der Waals surface area contributed by atoms with Gasteiger partial charge < -0.3 is 16.2 Å². The van der Waals surface area contributed by atoms with Crippen LogP contribution in [0.2, 0.25) is 5.02 Å². The molecule has 0 saturated heterocycles. The summed E-state index contributed by atoms with van der Waals surface area (Å²) >= 11 is 9.35. The van der Waals surface area contributed by atoms with Crippen molar-refractivity contribution in [1.29, 1.82) is 0 Å². The number of pyridine rings is 1. The second-order valence-electron chi connectivity index (χ2n) is 4.00. The predicted octanol–water partition coefficient (Wildman–Crippen LogP) is 3.14. The van der Waals surface area contributed by atoms with E-state index < -0.39 is 6.04 Å². The number of anilines is 1. The molecule has 2 aromatic rings. The van der Waals surface area contributed by atoms with E-state index in [1.54, 1.807) is 13.2 Å². The number of ether oxygens (including phenoxy) is 1. The van der Waals surface area contributed by atoms with E-state index in [0.29, 0.717) is 16.4 Å². The molecule has 19 heavy (non-hydrogen) atoms. The second-order valence-corrected chi connectivity index (χ2v) is 5.29. The lowest BCUT2D eigenvalue weighted by molar-refractivity contribution is 0.412. The average Bonchev–Trinajstić information content (AvgIpc) is 2.40. The number of halogens is 2. The number of rotatable bonds is 3. The summed E-state index contributed by atoms with van der Waals surface area (Å²) < 4.78 is 6.01. The molecule has 0 spiro atoms. The van der Waals surface area contributed by atoms with E-state index in [-0.39, 0.29) is 0 Å². The fourth-order valence-electron chi connectivity index (χ4n) is 1.77. The van der Waals surface area contributed by atoms with Crippen molar-refractivity contribution in [3.05, 3.63) is 51.1 Å². The number of hydrogen-bond acceptors (Lipinski definition) is 4. The summed E-state index contributed by atoms with van der Waals surface area (Å²) in [5.74, 6) is 1.12. The highest BCUT2D eigenvalue weighted by Gasteiger charge is 2.15. The van der Waals surface area contributed by atoms with Crippen LogP contribution in [-0.4, -0.2) is 12.1 Å². The summed E-state index contributed by atoms with van der Waals surface area (Å²) in [7, 11) is 1.61. The number of nitrogens with two attached hydrogens (primary N) is 2. The van der Waals surface area contributed by atoms with Gasteiger partial charge in [-0.25, -0.2) is 4.98 Å². The molecule has 0 bridgehead atoms. The smallest absolute Gasteiger partial charge is 0.133 e. The quantitative estimate of drug-likeness (QED) is 0.898. The molecule has 0 aliphatic heterocycles. The first-order valence-corrected chi connectivity index (χ1v) is 6.70. The van der Waals surface area contributed by atoms with E-state index in [4.69, 9.17) is 27.8 Å². The Bertz CT molecular complexity index is 606. The maximum atomic E-state index is 6.21. The van der Waals surface area contributed by atoms with Gasteiger partial charge in [0, 0.05) is 11.8 Å². The zero-order valence-corrected chi connectivity index (χ0v) is 12.6. The van der Waals surface area contributed by atoms with Crippen molar-refractivity contribution in [2.24, 2.45) is 5.73 Å². The van der Waals surface area contributed by atoms with E-state index in [0.717, 1.165) is 15.8 Å². The highest BCUT2D eigenvalue weighted by Crippen LogP contribution is 2.31. The van der Waals surface area contributed by atoms with Gasteiger partial charge in [0.05, 0.1) is 22.6 Å². The molecule has 1 atom stereocenters. The van der Waals surface area contributed by atoms with Gasteiger partial charge in [-0.2, -0.15) is 0 Å². The molecule has 0 saturated carbocycles. The normalized spacial score (nSPS) is 12.2. The Kier molecular flexibility index (Phi) is 4.29. The maximum absolute atomic E-state index is 6.21. The monoisotopic (exact) mass is 341 g/mol. The van der Waals surface area contributed by atoms with E-state index in [1.807, 2.05) is 18.2 Å². The van der Waals surface area contributed by atoms with Crippen LogP contribution >= 0.6 is 27.5 Å². The summed E-state index contributed by atoms with van der Waals surface area (Å²) in [6.07, 6.45) is 1.50. The molecule has 1 unspecified atom stereocenters. The molecule has 1 aromatic heterocycles. The third-order valence-electron chi connectivity index (χ3n) is 2.79. The second kappa shape index (κ2) is 5.77. The van der Waals surface area contributed by atoms with Crippen LogP contribution in [0.1, 0.15) is 17.2 Å². The van der Waals surface area contributed by atoms with Crippen molar-refractivity contribution in [1.82, 2.24) is 4.98 Å². The summed E-state index contributed by atoms with van der Waals surface area (Å²) in [4.78, 5) is 4.01. The van der Waals surface area contributed by atoms with Crippen LogP contribution in [0.15, 0.2) is 34.9 Å². The molecule has 6 heteroatoms. The van der Waals surface area contributed by atoms with Gasteiger partial charge in [-0.1, -0.05) is 17.7 Å². The lowest BCUT2D eigenvalue weighted by Gasteiger charge is -2.15. The standard InChI is InChI=1S/C13H13BrClN3O/c1-19-11-3-2-7(4-10(11)14)12(16)9-5-8(15)6-18-13(9)17/h2-6,12H,16H2,1H3,(H2,17,18). The van der Waals surface area contributed by atoms with Crippen molar-refractivity contribution >= 4 is 33.3 Å². The van der Waals surface area contributed by atoms with Gasteiger partial charge in [0.2, 0.25) is 0 Å². The van der Waals surface area contributed by atoms with Crippen LogP contribution in [0.5, 0.6) is 5.75 Å². The van der Waals surface area contributed by atoms with Crippen molar-refractivity contribution in [3.63, 3.8) is 0 Å². The molecule has 1 heterocycles. The van der Waals surface area contributed by atoms with Gasteiger partial charge in [-0.3, -0.25) is 0 Å². The molecule has 2 rings (SSSR count). The minimum Gasteiger partial charge on any atom is -0.496 e. The van der Waals surface area contributed by atoms with Crippen LogP contribution < -0.4 is 16.2 Å². The molecule has 0 aliphatic rings. The van der Waals surface area contributed by atoms with Crippen LogP contribution in [0.4, 0.5) is 5.82 Å². The molecule has 0 aliphatic carbocycles. The molecular formula is C13H13BrClN3O. The summed E-state index contributed by atoms with van der Waals surface area (Å²) in [6.45, 7) is 0. The van der Waals surface area contributed by atoms with Crippen molar-refractivity contribution in [3.8, 4) is 5.75 Å². The van der Waals surface area contributed by atoms with Crippen molar-refractivity contribution in [2.45, 2.75) is 6.04 Å². The minimum atomic E-state index is -0.395. The Hall–Kier alpha value is -1.30. The largest absolute Gasteiger partial charge is 0.496 e. The van der Waals surface area contributed by atoms with E-state index in [9.17, 15) is 0 Å². The van der Waals surface area contributed by atoms with Crippen LogP contribution in [-0.2, 0) is 0 Å². The molecule has 1 aromatic carbocycles. The number of hydrogen-bond donors (Lipinski definition) is 2. The fourth-order valence-corrected chi connectivity index (χ4v) is 2.49. The molecule has 4 N–H and O–H groups in total. The van der Waals surface area contributed by atoms with Crippen LogP contribution in [0.25, 0.3) is 0 Å². The molecule has 0 amide bonds. The van der Waals surface area contributed by atoms with E-state index in [2.05, 4.69) is 20.9 Å². The topological polar surface area (TPSA) is 74.2 Å². The average molecular weight is 343 g/mol. The maximum Gasteiger partial charge on any atom is 0.133 e.